The lowest BCUT2D eigenvalue weighted by Crippen LogP contribution is -2.44. The normalized spacial score (nSPS) is 18.5. The molecule has 1 aliphatic heterocycles. The molecule has 2 aromatic rings. The second-order valence-electron chi connectivity index (χ2n) is 9.59. The van der Waals surface area contributed by atoms with Gasteiger partial charge in [0.25, 0.3) is 5.56 Å². The van der Waals surface area contributed by atoms with Crippen LogP contribution in [0.4, 0.5) is 0 Å². The second-order valence-corrected chi connectivity index (χ2v) is 10.4. The van der Waals surface area contributed by atoms with Gasteiger partial charge in [-0.3, -0.25) is 18.8 Å². The van der Waals surface area contributed by atoms with Crippen molar-refractivity contribution < 1.29 is 4.74 Å². The van der Waals surface area contributed by atoms with Gasteiger partial charge < -0.3 is 4.74 Å². The van der Waals surface area contributed by atoms with Crippen molar-refractivity contribution in [3.8, 4) is 5.75 Å². The van der Waals surface area contributed by atoms with Gasteiger partial charge in [-0.2, -0.15) is 0 Å². The van der Waals surface area contributed by atoms with Crippen molar-refractivity contribution >= 4 is 15.9 Å². The van der Waals surface area contributed by atoms with Gasteiger partial charge in [0.05, 0.1) is 6.61 Å². The molecule has 1 aliphatic carbocycles. The van der Waals surface area contributed by atoms with E-state index in [-0.39, 0.29) is 17.3 Å². The molecule has 0 N–H and O–H groups in total. The summed E-state index contributed by atoms with van der Waals surface area (Å²) in [6.45, 7) is 5.29. The molecule has 0 unspecified atom stereocenters. The van der Waals surface area contributed by atoms with Crippen LogP contribution in [0.5, 0.6) is 5.75 Å². The van der Waals surface area contributed by atoms with Gasteiger partial charge in [-0.25, -0.2) is 4.79 Å². The van der Waals surface area contributed by atoms with Crippen LogP contribution in [-0.4, -0.2) is 33.7 Å². The molecule has 0 atom stereocenters. The van der Waals surface area contributed by atoms with E-state index in [9.17, 15) is 9.59 Å². The number of rotatable bonds is 7. The summed E-state index contributed by atoms with van der Waals surface area (Å²) in [6, 6.07) is 7.99. The highest BCUT2D eigenvalue weighted by Crippen LogP contribution is 2.29. The van der Waals surface area contributed by atoms with Crippen LogP contribution in [0, 0.1) is 5.92 Å². The Labute approximate surface area is 204 Å². The molecule has 0 amide bonds. The SMILES string of the molecule is CCOc1ccc(Br)c(CC2CCN(Cc3cc(=O)n(C4CCCCC4)c(=O)n3C)CC2)c1. The Morgan fingerprint density at radius 1 is 1.03 bits per heavy atom. The molecule has 1 aromatic carbocycles. The van der Waals surface area contributed by atoms with Crippen LogP contribution in [0.1, 0.15) is 69.2 Å². The van der Waals surface area contributed by atoms with E-state index in [4.69, 9.17) is 4.74 Å². The van der Waals surface area contributed by atoms with Crippen LogP contribution < -0.4 is 16.0 Å². The molecule has 0 bridgehead atoms. The lowest BCUT2D eigenvalue weighted by Gasteiger charge is -2.32. The molecule has 6 nitrogen and oxygen atoms in total. The summed E-state index contributed by atoms with van der Waals surface area (Å²) in [4.78, 5) is 28.2. The smallest absolute Gasteiger partial charge is 0.331 e. The van der Waals surface area contributed by atoms with Crippen LogP contribution in [0.3, 0.4) is 0 Å². The third kappa shape index (κ3) is 5.80. The monoisotopic (exact) mass is 517 g/mol. The number of hydrogen-bond acceptors (Lipinski definition) is 4. The third-order valence-corrected chi connectivity index (χ3v) is 8.09. The molecule has 1 saturated heterocycles. The van der Waals surface area contributed by atoms with E-state index in [1.165, 1.54) is 16.6 Å². The minimum Gasteiger partial charge on any atom is -0.494 e. The predicted octanol–water partition coefficient (Wildman–Crippen LogP) is 4.67. The Hall–Kier alpha value is -1.86. The first-order valence-electron chi connectivity index (χ1n) is 12.4. The Kier molecular flexibility index (Phi) is 8.12. The van der Waals surface area contributed by atoms with Crippen molar-refractivity contribution in [3.63, 3.8) is 0 Å². The molecular weight excluding hydrogens is 482 g/mol. The molecule has 2 aliphatic rings. The molecule has 2 heterocycles. The summed E-state index contributed by atoms with van der Waals surface area (Å²) < 4.78 is 10.0. The largest absolute Gasteiger partial charge is 0.494 e. The number of aromatic nitrogens is 2. The molecule has 1 aromatic heterocycles. The van der Waals surface area contributed by atoms with E-state index in [2.05, 4.69) is 33.0 Å². The molecule has 7 heteroatoms. The van der Waals surface area contributed by atoms with Crippen LogP contribution in [0.25, 0.3) is 0 Å². The van der Waals surface area contributed by atoms with Crippen molar-refractivity contribution in [2.75, 3.05) is 19.7 Å². The highest BCUT2D eigenvalue weighted by molar-refractivity contribution is 9.10. The van der Waals surface area contributed by atoms with Gasteiger partial charge in [0.1, 0.15) is 5.75 Å². The molecule has 1 saturated carbocycles. The number of likely N-dealkylation sites (tertiary alicyclic amines) is 1. The summed E-state index contributed by atoms with van der Waals surface area (Å²) in [5.74, 6) is 1.55. The highest BCUT2D eigenvalue weighted by atomic mass is 79.9. The zero-order valence-electron chi connectivity index (χ0n) is 19.9. The van der Waals surface area contributed by atoms with Gasteiger partial charge in [-0.05, 0) is 81.8 Å². The Morgan fingerprint density at radius 3 is 2.45 bits per heavy atom. The lowest BCUT2D eigenvalue weighted by molar-refractivity contribution is 0.172. The minimum atomic E-state index is -0.154. The topological polar surface area (TPSA) is 56.5 Å². The van der Waals surface area contributed by atoms with Crippen LogP contribution >= 0.6 is 15.9 Å². The number of ether oxygens (including phenoxy) is 1. The molecular formula is C26H36BrN3O3. The first kappa shape index (κ1) is 24.3. The number of nitrogens with zero attached hydrogens (tertiary/aromatic N) is 3. The van der Waals surface area contributed by atoms with Crippen molar-refractivity contribution in [2.24, 2.45) is 13.0 Å². The van der Waals surface area contributed by atoms with Gasteiger partial charge in [-0.1, -0.05) is 35.2 Å². The van der Waals surface area contributed by atoms with E-state index in [0.717, 1.165) is 74.0 Å². The minimum absolute atomic E-state index is 0.0651. The zero-order chi connectivity index (χ0) is 23.4. The summed E-state index contributed by atoms with van der Waals surface area (Å²) in [6.07, 6.45) is 8.53. The fourth-order valence-electron chi connectivity index (χ4n) is 5.37. The summed E-state index contributed by atoms with van der Waals surface area (Å²) in [5, 5.41) is 0. The Morgan fingerprint density at radius 2 is 1.76 bits per heavy atom. The quantitative estimate of drug-likeness (QED) is 0.535. The number of benzene rings is 1. The zero-order valence-corrected chi connectivity index (χ0v) is 21.5. The molecule has 180 valence electrons. The van der Waals surface area contributed by atoms with Gasteiger partial charge in [0.2, 0.25) is 0 Å². The van der Waals surface area contributed by atoms with Gasteiger partial charge in [0, 0.05) is 35.9 Å². The number of hydrogen-bond donors (Lipinski definition) is 0. The van der Waals surface area contributed by atoms with E-state index >= 15 is 0 Å². The average molecular weight is 518 g/mol. The summed E-state index contributed by atoms with van der Waals surface area (Å²) in [7, 11) is 1.81. The maximum atomic E-state index is 13.0. The maximum Gasteiger partial charge on any atom is 0.331 e. The van der Waals surface area contributed by atoms with Gasteiger partial charge in [-0.15, -0.1) is 0 Å². The average Bonchev–Trinajstić information content (AvgIpc) is 2.82. The van der Waals surface area contributed by atoms with Crippen molar-refractivity contribution in [3.05, 3.63) is 60.8 Å². The van der Waals surface area contributed by atoms with E-state index < -0.39 is 0 Å². The Bertz CT molecular complexity index is 1060. The first-order valence-corrected chi connectivity index (χ1v) is 13.2. The van der Waals surface area contributed by atoms with Gasteiger partial charge >= 0.3 is 5.69 Å². The molecule has 0 radical (unpaired) electrons. The van der Waals surface area contributed by atoms with E-state index in [1.54, 1.807) is 10.6 Å². The van der Waals surface area contributed by atoms with Crippen LogP contribution in [-0.2, 0) is 20.0 Å². The molecule has 33 heavy (non-hydrogen) atoms. The molecule has 2 fully saturated rings. The van der Waals surface area contributed by atoms with E-state index in [1.807, 2.05) is 20.0 Å². The van der Waals surface area contributed by atoms with E-state index in [0.29, 0.717) is 19.1 Å². The number of halogens is 1. The number of piperidine rings is 1. The van der Waals surface area contributed by atoms with Crippen LogP contribution in [0.15, 0.2) is 38.3 Å². The van der Waals surface area contributed by atoms with Crippen molar-refractivity contribution in [1.82, 2.24) is 14.0 Å². The maximum absolute atomic E-state index is 13.0. The molecule has 4 rings (SSSR count). The third-order valence-electron chi connectivity index (χ3n) is 7.32. The first-order chi connectivity index (χ1) is 16.0. The lowest BCUT2D eigenvalue weighted by atomic mass is 9.90. The van der Waals surface area contributed by atoms with Crippen molar-refractivity contribution in [1.29, 1.82) is 0 Å². The fourth-order valence-corrected chi connectivity index (χ4v) is 5.78. The Balaban J connectivity index is 1.38. The van der Waals surface area contributed by atoms with Gasteiger partial charge in [0.15, 0.2) is 0 Å². The fraction of sp³-hybridized carbons (Fsp3) is 0.615. The summed E-state index contributed by atoms with van der Waals surface area (Å²) in [5.41, 5.74) is 1.84. The summed E-state index contributed by atoms with van der Waals surface area (Å²) >= 11 is 3.69. The van der Waals surface area contributed by atoms with Crippen LogP contribution in [0.2, 0.25) is 0 Å². The molecule has 0 spiro atoms. The standard InChI is InChI=1S/C26H36BrN3O3/c1-3-33-23-9-10-24(27)20(16-23)15-19-11-13-29(14-12-19)18-22-17-25(31)30(26(32)28(22)2)21-7-5-4-6-8-21/h9-10,16-17,19,21H,3-8,11-15,18H2,1-2H3. The highest BCUT2D eigenvalue weighted by Gasteiger charge is 2.24. The predicted molar refractivity (Wildman–Crippen MR) is 135 cm³/mol. The second kappa shape index (κ2) is 11.0. The van der Waals surface area contributed by atoms with Crippen molar-refractivity contribution in [2.45, 2.75) is 70.9 Å².